The summed E-state index contributed by atoms with van der Waals surface area (Å²) in [6.07, 6.45) is 1.19. The van der Waals surface area contributed by atoms with Gasteiger partial charge in [0.25, 0.3) is 8.32 Å². The predicted molar refractivity (Wildman–Crippen MR) is 96.8 cm³/mol. The number of esters is 1. The highest BCUT2D eigenvalue weighted by Gasteiger charge is 2.64. The Kier molecular flexibility index (Phi) is 6.47. The SMILES string of the molecule is COC(=O)/C=C(/C)C(=O)O[Si](C(C)(C)C)(C(C)(C)C)C(C)(C)C. The minimum atomic E-state index is -2.63. The van der Waals surface area contributed by atoms with E-state index in [-0.39, 0.29) is 20.7 Å². The summed E-state index contributed by atoms with van der Waals surface area (Å²) in [5, 5.41) is -0.486. The molecular weight excluding hydrogens is 308 g/mol. The standard InChI is InChI=1S/C18H34O4Si/c1-13(12-14(19)21-11)15(20)22-23(16(2,3)4,17(5,6)7)18(8,9)10/h12H,1-11H3/b13-12-. The Hall–Kier alpha value is -1.10. The number of carbonyl (C=O) groups excluding carboxylic acids is 2. The minimum absolute atomic E-state index is 0.162. The van der Waals surface area contributed by atoms with Crippen molar-refractivity contribution in [3.63, 3.8) is 0 Å². The van der Waals surface area contributed by atoms with Crippen molar-refractivity contribution in [2.24, 2.45) is 0 Å². The normalized spacial score (nSPS) is 14.5. The van der Waals surface area contributed by atoms with Crippen LogP contribution in [0.15, 0.2) is 11.6 Å². The number of methoxy groups -OCH3 is 1. The molecule has 0 fully saturated rings. The fourth-order valence-corrected chi connectivity index (χ4v) is 12.5. The Morgan fingerprint density at radius 3 is 1.43 bits per heavy atom. The Labute approximate surface area is 142 Å². The fraction of sp³-hybridized carbons (Fsp3) is 0.778. The average Bonchev–Trinajstić information content (AvgIpc) is 2.30. The molecule has 0 spiro atoms. The van der Waals surface area contributed by atoms with Gasteiger partial charge in [0, 0.05) is 11.6 Å². The van der Waals surface area contributed by atoms with Gasteiger partial charge in [-0.3, -0.25) is 0 Å². The molecule has 0 radical (unpaired) electrons. The van der Waals surface area contributed by atoms with Gasteiger partial charge in [0.2, 0.25) is 0 Å². The van der Waals surface area contributed by atoms with Crippen molar-refractivity contribution in [1.29, 1.82) is 0 Å². The van der Waals surface area contributed by atoms with Gasteiger partial charge in [0.15, 0.2) is 0 Å². The maximum atomic E-state index is 12.7. The lowest BCUT2D eigenvalue weighted by atomic mass is 10.2. The van der Waals surface area contributed by atoms with Gasteiger partial charge in [-0.25, -0.2) is 9.59 Å². The zero-order valence-corrected chi connectivity index (χ0v) is 17.7. The third-order valence-electron chi connectivity index (χ3n) is 4.27. The molecule has 0 saturated carbocycles. The van der Waals surface area contributed by atoms with Crippen molar-refractivity contribution in [3.8, 4) is 0 Å². The fourth-order valence-electron chi connectivity index (χ4n) is 4.35. The van der Waals surface area contributed by atoms with Crippen LogP contribution in [0.3, 0.4) is 0 Å². The van der Waals surface area contributed by atoms with E-state index in [0.717, 1.165) is 0 Å². The molecule has 23 heavy (non-hydrogen) atoms. The van der Waals surface area contributed by atoms with E-state index in [4.69, 9.17) is 4.43 Å². The summed E-state index contributed by atoms with van der Waals surface area (Å²) >= 11 is 0. The molecule has 4 nitrogen and oxygen atoms in total. The van der Waals surface area contributed by atoms with Gasteiger partial charge in [0.05, 0.1) is 7.11 Å². The zero-order chi connectivity index (χ0) is 18.9. The maximum absolute atomic E-state index is 12.7. The van der Waals surface area contributed by atoms with E-state index < -0.39 is 20.3 Å². The molecule has 0 aliphatic heterocycles. The van der Waals surface area contributed by atoms with Crippen LogP contribution in [0.1, 0.15) is 69.2 Å². The van der Waals surface area contributed by atoms with E-state index in [1.165, 1.54) is 13.2 Å². The first-order chi connectivity index (χ1) is 10.0. The van der Waals surface area contributed by atoms with Crippen molar-refractivity contribution < 1.29 is 18.8 Å². The Morgan fingerprint density at radius 1 is 0.826 bits per heavy atom. The molecule has 0 atom stereocenters. The molecule has 0 aliphatic carbocycles. The van der Waals surface area contributed by atoms with E-state index >= 15 is 0 Å². The van der Waals surface area contributed by atoms with Crippen LogP contribution in [0.5, 0.6) is 0 Å². The molecule has 0 aromatic carbocycles. The molecule has 0 aromatic heterocycles. The van der Waals surface area contributed by atoms with Gasteiger partial charge in [0.1, 0.15) is 0 Å². The van der Waals surface area contributed by atoms with E-state index in [2.05, 4.69) is 67.1 Å². The Morgan fingerprint density at radius 2 is 1.17 bits per heavy atom. The highest BCUT2D eigenvalue weighted by Crippen LogP contribution is 2.62. The van der Waals surface area contributed by atoms with Gasteiger partial charge >= 0.3 is 11.9 Å². The van der Waals surface area contributed by atoms with Crippen LogP contribution in [0.4, 0.5) is 0 Å². The zero-order valence-electron chi connectivity index (χ0n) is 16.7. The monoisotopic (exact) mass is 342 g/mol. The van der Waals surface area contributed by atoms with Crippen LogP contribution in [-0.2, 0) is 18.8 Å². The topological polar surface area (TPSA) is 52.6 Å². The van der Waals surface area contributed by atoms with E-state index in [0.29, 0.717) is 0 Å². The number of ether oxygens (including phenoxy) is 1. The molecule has 0 rings (SSSR count). The molecule has 0 unspecified atom stereocenters. The van der Waals surface area contributed by atoms with E-state index in [9.17, 15) is 9.59 Å². The molecule has 5 heteroatoms. The summed E-state index contributed by atoms with van der Waals surface area (Å²) in [6, 6.07) is 0. The van der Waals surface area contributed by atoms with Crippen LogP contribution in [0, 0.1) is 0 Å². The van der Waals surface area contributed by atoms with Gasteiger partial charge < -0.3 is 9.16 Å². The largest absolute Gasteiger partial charge is 0.514 e. The Balaban J connectivity index is 6.09. The summed E-state index contributed by atoms with van der Waals surface area (Å²) < 4.78 is 10.9. The predicted octanol–water partition coefficient (Wildman–Crippen LogP) is 4.99. The number of rotatable bonds is 3. The molecular formula is C18H34O4Si. The first kappa shape index (κ1) is 21.9. The van der Waals surface area contributed by atoms with Gasteiger partial charge in [-0.1, -0.05) is 62.3 Å². The lowest BCUT2D eigenvalue weighted by molar-refractivity contribution is -0.136. The Bertz CT molecular complexity index is 449. The summed E-state index contributed by atoms with van der Waals surface area (Å²) in [7, 11) is -1.34. The van der Waals surface area contributed by atoms with Crippen LogP contribution >= 0.6 is 0 Å². The minimum Gasteiger partial charge on any atom is -0.514 e. The second-order valence-corrected chi connectivity index (χ2v) is 15.2. The highest BCUT2D eigenvalue weighted by atomic mass is 28.4. The van der Waals surface area contributed by atoms with Gasteiger partial charge in [-0.2, -0.15) is 0 Å². The maximum Gasteiger partial charge on any atom is 0.330 e. The molecule has 0 aliphatic rings. The van der Waals surface area contributed by atoms with Crippen molar-refractivity contribution in [1.82, 2.24) is 0 Å². The van der Waals surface area contributed by atoms with Crippen LogP contribution in [-0.4, -0.2) is 27.4 Å². The van der Waals surface area contributed by atoms with Crippen LogP contribution in [0.25, 0.3) is 0 Å². The quantitative estimate of drug-likeness (QED) is 0.412. The average molecular weight is 343 g/mol. The second kappa shape index (κ2) is 6.79. The first-order valence-electron chi connectivity index (χ1n) is 8.01. The summed E-state index contributed by atoms with van der Waals surface area (Å²) in [4.78, 5) is 24.1. The molecule has 0 aromatic rings. The molecule has 0 N–H and O–H groups in total. The number of hydrogen-bond donors (Lipinski definition) is 0. The van der Waals surface area contributed by atoms with Crippen molar-refractivity contribution in [3.05, 3.63) is 11.6 Å². The smallest absolute Gasteiger partial charge is 0.330 e. The molecule has 0 amide bonds. The van der Waals surface area contributed by atoms with E-state index in [1.807, 2.05) is 0 Å². The lowest BCUT2D eigenvalue weighted by Crippen LogP contribution is -2.61. The van der Waals surface area contributed by atoms with Crippen molar-refractivity contribution >= 4 is 20.3 Å². The van der Waals surface area contributed by atoms with Crippen LogP contribution < -0.4 is 0 Å². The highest BCUT2D eigenvalue weighted by molar-refractivity contribution is 6.83. The summed E-state index contributed by atoms with van der Waals surface area (Å²) in [5.41, 5.74) is 0.270. The third-order valence-corrected chi connectivity index (χ3v) is 11.1. The van der Waals surface area contributed by atoms with Gasteiger partial charge in [-0.15, -0.1) is 0 Å². The van der Waals surface area contributed by atoms with Crippen molar-refractivity contribution in [2.75, 3.05) is 7.11 Å². The summed E-state index contributed by atoms with van der Waals surface area (Å²) in [5.74, 6) is -0.976. The first-order valence-corrected chi connectivity index (χ1v) is 9.91. The number of hydrogen-bond acceptors (Lipinski definition) is 4. The van der Waals surface area contributed by atoms with E-state index in [1.54, 1.807) is 6.92 Å². The van der Waals surface area contributed by atoms with Crippen LogP contribution in [0.2, 0.25) is 15.1 Å². The molecule has 134 valence electrons. The van der Waals surface area contributed by atoms with Crippen molar-refractivity contribution in [2.45, 2.75) is 84.4 Å². The molecule has 0 bridgehead atoms. The van der Waals surface area contributed by atoms with Gasteiger partial charge in [-0.05, 0) is 22.0 Å². The third kappa shape index (κ3) is 4.46. The number of carbonyl (C=O) groups is 2. The summed E-state index contributed by atoms with van der Waals surface area (Å²) in [6.45, 7) is 20.9. The lowest BCUT2D eigenvalue weighted by Gasteiger charge is -2.56. The molecule has 0 saturated heterocycles. The second-order valence-electron chi connectivity index (χ2n) is 9.17. The molecule has 0 heterocycles.